The van der Waals surface area contributed by atoms with Crippen LogP contribution in [0, 0.1) is 6.92 Å². The van der Waals surface area contributed by atoms with Crippen molar-refractivity contribution in [3.8, 4) is 17.2 Å². The highest BCUT2D eigenvalue weighted by molar-refractivity contribution is 6.05. The van der Waals surface area contributed by atoms with Crippen LogP contribution in [-0.2, 0) is 4.74 Å². The summed E-state index contributed by atoms with van der Waals surface area (Å²) in [4.78, 5) is 17.1. The number of carbonyl (C=O) groups excluding carboxylic acids is 1. The Morgan fingerprint density at radius 1 is 1.00 bits per heavy atom. The standard InChI is InChI=1S/C23H21F3N2O4/c1-14-20(10-11-21(27-14)15(2)30-3)22(29)28-16-6-4-7-17(12-16)31-18-8-5-9-19(13-18)32-23(24,25)26/h4-13,15H,1-3H3,(H,28,29). The molecule has 0 bridgehead atoms. The lowest BCUT2D eigenvalue weighted by molar-refractivity contribution is -0.274. The minimum absolute atomic E-state index is 0.151. The highest BCUT2D eigenvalue weighted by Gasteiger charge is 2.31. The van der Waals surface area contributed by atoms with E-state index in [1.54, 1.807) is 50.4 Å². The lowest BCUT2D eigenvalue weighted by Crippen LogP contribution is -2.17. The summed E-state index contributed by atoms with van der Waals surface area (Å²) in [5.74, 6) is -0.276. The fourth-order valence-electron chi connectivity index (χ4n) is 2.87. The molecule has 168 valence electrons. The van der Waals surface area contributed by atoms with Crippen molar-refractivity contribution in [3.63, 3.8) is 0 Å². The lowest BCUT2D eigenvalue weighted by atomic mass is 10.1. The predicted octanol–water partition coefficient (Wildman–Crippen LogP) is 6.04. The molecular weight excluding hydrogens is 425 g/mol. The van der Waals surface area contributed by atoms with Crippen LogP contribution in [0.2, 0.25) is 0 Å². The maximum atomic E-state index is 12.7. The molecule has 0 aliphatic heterocycles. The molecule has 1 atom stereocenters. The number of ether oxygens (including phenoxy) is 3. The summed E-state index contributed by atoms with van der Waals surface area (Å²) in [6, 6.07) is 15.1. The molecular formula is C23H21F3N2O4. The van der Waals surface area contributed by atoms with Gasteiger partial charge in [-0.05, 0) is 50.2 Å². The molecule has 0 radical (unpaired) electrons. The molecule has 0 spiro atoms. The third kappa shape index (κ3) is 6.21. The van der Waals surface area contributed by atoms with Crippen LogP contribution in [0.3, 0.4) is 0 Å². The fraction of sp³-hybridized carbons (Fsp3) is 0.217. The Morgan fingerprint density at radius 3 is 2.31 bits per heavy atom. The van der Waals surface area contributed by atoms with Crippen LogP contribution in [0.4, 0.5) is 18.9 Å². The highest BCUT2D eigenvalue weighted by Crippen LogP contribution is 2.30. The van der Waals surface area contributed by atoms with Crippen LogP contribution in [0.15, 0.2) is 60.7 Å². The molecule has 2 aromatic carbocycles. The number of hydrogen-bond acceptors (Lipinski definition) is 5. The first-order valence-corrected chi connectivity index (χ1v) is 9.60. The second-order valence-electron chi connectivity index (χ2n) is 6.85. The lowest BCUT2D eigenvalue weighted by Gasteiger charge is -2.13. The molecule has 32 heavy (non-hydrogen) atoms. The average Bonchev–Trinajstić information content (AvgIpc) is 2.72. The van der Waals surface area contributed by atoms with E-state index in [0.717, 1.165) is 6.07 Å². The van der Waals surface area contributed by atoms with Crippen molar-refractivity contribution in [2.75, 3.05) is 12.4 Å². The first-order chi connectivity index (χ1) is 15.1. The summed E-state index contributed by atoms with van der Waals surface area (Å²) in [7, 11) is 1.58. The first-order valence-electron chi connectivity index (χ1n) is 9.60. The molecule has 3 rings (SSSR count). The molecule has 0 saturated heterocycles. The molecule has 1 heterocycles. The van der Waals surface area contributed by atoms with Crippen LogP contribution in [0.25, 0.3) is 0 Å². The summed E-state index contributed by atoms with van der Waals surface area (Å²) in [5, 5.41) is 2.77. The zero-order valence-corrected chi connectivity index (χ0v) is 17.6. The van der Waals surface area contributed by atoms with Crippen molar-refractivity contribution in [1.29, 1.82) is 0 Å². The van der Waals surface area contributed by atoms with Crippen LogP contribution < -0.4 is 14.8 Å². The Labute approximate surface area is 183 Å². The maximum Gasteiger partial charge on any atom is 0.573 e. The second-order valence-corrected chi connectivity index (χ2v) is 6.85. The molecule has 1 aromatic heterocycles. The number of aryl methyl sites for hydroxylation is 1. The molecule has 0 aliphatic rings. The van der Waals surface area contributed by atoms with E-state index in [9.17, 15) is 18.0 Å². The van der Waals surface area contributed by atoms with Gasteiger partial charge in [0, 0.05) is 24.9 Å². The highest BCUT2D eigenvalue weighted by atomic mass is 19.4. The number of hydrogen-bond donors (Lipinski definition) is 1. The normalized spacial score (nSPS) is 12.2. The van der Waals surface area contributed by atoms with E-state index in [2.05, 4.69) is 15.0 Å². The van der Waals surface area contributed by atoms with Gasteiger partial charge < -0.3 is 19.5 Å². The van der Waals surface area contributed by atoms with E-state index < -0.39 is 12.1 Å². The number of halogens is 3. The molecule has 1 amide bonds. The number of pyridine rings is 1. The van der Waals surface area contributed by atoms with E-state index in [1.807, 2.05) is 6.92 Å². The molecule has 1 N–H and O–H groups in total. The molecule has 3 aromatic rings. The van der Waals surface area contributed by atoms with Gasteiger partial charge in [-0.3, -0.25) is 9.78 Å². The Hall–Kier alpha value is -3.59. The van der Waals surface area contributed by atoms with Gasteiger partial charge in [0.05, 0.1) is 23.1 Å². The molecule has 1 unspecified atom stereocenters. The van der Waals surface area contributed by atoms with E-state index in [4.69, 9.17) is 9.47 Å². The van der Waals surface area contributed by atoms with Crippen molar-refractivity contribution in [2.45, 2.75) is 26.3 Å². The monoisotopic (exact) mass is 446 g/mol. The Kier molecular flexibility index (Phi) is 6.99. The molecule has 0 fully saturated rings. The van der Waals surface area contributed by atoms with Crippen molar-refractivity contribution < 1.29 is 32.2 Å². The van der Waals surface area contributed by atoms with Gasteiger partial charge in [0.15, 0.2) is 0 Å². The Morgan fingerprint density at radius 2 is 1.66 bits per heavy atom. The van der Waals surface area contributed by atoms with Gasteiger partial charge in [-0.15, -0.1) is 13.2 Å². The molecule has 9 heteroatoms. The third-order valence-corrected chi connectivity index (χ3v) is 4.49. The number of alkyl halides is 3. The number of amides is 1. The number of nitrogens with one attached hydrogen (secondary N) is 1. The quantitative estimate of drug-likeness (QED) is 0.479. The summed E-state index contributed by atoms with van der Waals surface area (Å²) < 4.78 is 52.0. The first kappa shape index (κ1) is 23.1. The topological polar surface area (TPSA) is 69.7 Å². The third-order valence-electron chi connectivity index (χ3n) is 4.49. The van der Waals surface area contributed by atoms with Crippen molar-refractivity contribution in [2.24, 2.45) is 0 Å². The number of carbonyl (C=O) groups is 1. The van der Waals surface area contributed by atoms with Gasteiger partial charge in [-0.2, -0.15) is 0 Å². The minimum atomic E-state index is -4.80. The average molecular weight is 446 g/mol. The SMILES string of the molecule is COC(C)c1ccc(C(=O)Nc2cccc(Oc3cccc(OC(F)(F)F)c3)c2)c(C)n1. The van der Waals surface area contributed by atoms with Gasteiger partial charge in [0.25, 0.3) is 5.91 Å². The van der Waals surface area contributed by atoms with Crippen molar-refractivity contribution in [3.05, 3.63) is 77.6 Å². The Bertz CT molecular complexity index is 1100. The van der Waals surface area contributed by atoms with Crippen LogP contribution >= 0.6 is 0 Å². The van der Waals surface area contributed by atoms with E-state index in [1.165, 1.54) is 18.2 Å². The number of anilines is 1. The molecule has 6 nitrogen and oxygen atoms in total. The molecule has 0 saturated carbocycles. The largest absolute Gasteiger partial charge is 0.573 e. The smallest absolute Gasteiger partial charge is 0.457 e. The summed E-state index contributed by atoms with van der Waals surface area (Å²) in [6.07, 6.45) is -4.99. The van der Waals surface area contributed by atoms with Gasteiger partial charge in [-0.25, -0.2) is 0 Å². The molecule has 0 aliphatic carbocycles. The Balaban J connectivity index is 1.72. The van der Waals surface area contributed by atoms with E-state index in [0.29, 0.717) is 28.4 Å². The van der Waals surface area contributed by atoms with Crippen LogP contribution in [-0.4, -0.2) is 24.4 Å². The maximum absolute atomic E-state index is 12.7. The number of methoxy groups -OCH3 is 1. The number of nitrogens with zero attached hydrogens (tertiary/aromatic N) is 1. The van der Waals surface area contributed by atoms with E-state index in [-0.39, 0.29) is 17.8 Å². The van der Waals surface area contributed by atoms with Gasteiger partial charge in [0.1, 0.15) is 17.2 Å². The van der Waals surface area contributed by atoms with Gasteiger partial charge in [0.2, 0.25) is 0 Å². The van der Waals surface area contributed by atoms with Crippen molar-refractivity contribution >= 4 is 11.6 Å². The number of aromatic nitrogens is 1. The summed E-state index contributed by atoms with van der Waals surface area (Å²) >= 11 is 0. The summed E-state index contributed by atoms with van der Waals surface area (Å²) in [6.45, 7) is 3.59. The number of benzene rings is 2. The minimum Gasteiger partial charge on any atom is -0.457 e. The number of rotatable bonds is 7. The van der Waals surface area contributed by atoms with Gasteiger partial charge >= 0.3 is 6.36 Å². The zero-order chi connectivity index (χ0) is 23.3. The van der Waals surface area contributed by atoms with Crippen LogP contribution in [0.5, 0.6) is 17.2 Å². The van der Waals surface area contributed by atoms with E-state index >= 15 is 0 Å². The zero-order valence-electron chi connectivity index (χ0n) is 17.6. The van der Waals surface area contributed by atoms with Gasteiger partial charge in [-0.1, -0.05) is 12.1 Å². The second kappa shape index (κ2) is 9.69. The predicted molar refractivity (Wildman–Crippen MR) is 112 cm³/mol. The van der Waals surface area contributed by atoms with Crippen molar-refractivity contribution in [1.82, 2.24) is 4.98 Å². The van der Waals surface area contributed by atoms with Crippen LogP contribution in [0.1, 0.15) is 34.8 Å². The summed E-state index contributed by atoms with van der Waals surface area (Å²) in [5.41, 5.74) is 2.12. The fourth-order valence-corrected chi connectivity index (χ4v) is 2.87.